The first-order valence-corrected chi connectivity index (χ1v) is 8.68. The molecule has 7 heteroatoms. The zero-order valence-electron chi connectivity index (χ0n) is 15.2. The normalized spacial score (nSPS) is 11.0. The van der Waals surface area contributed by atoms with Crippen molar-refractivity contribution in [3.63, 3.8) is 0 Å². The van der Waals surface area contributed by atoms with Crippen LogP contribution in [0.3, 0.4) is 0 Å². The van der Waals surface area contributed by atoms with Crippen molar-refractivity contribution in [1.29, 1.82) is 0 Å². The van der Waals surface area contributed by atoms with E-state index in [-0.39, 0.29) is 5.91 Å². The van der Waals surface area contributed by atoms with Gasteiger partial charge in [-0.1, -0.05) is 29.4 Å². The number of amides is 1. The third-order valence-corrected chi connectivity index (χ3v) is 4.45. The minimum absolute atomic E-state index is 0.0542. The molecule has 7 nitrogen and oxygen atoms in total. The minimum Gasteiger partial charge on any atom is -0.340 e. The smallest absolute Gasteiger partial charge is 0.253 e. The molecule has 2 aromatic carbocycles. The average molecular weight is 361 g/mol. The van der Waals surface area contributed by atoms with Crippen LogP contribution in [0.1, 0.15) is 16.2 Å². The van der Waals surface area contributed by atoms with Gasteiger partial charge in [0.2, 0.25) is 11.7 Å². The van der Waals surface area contributed by atoms with Crippen molar-refractivity contribution < 1.29 is 9.32 Å². The lowest BCUT2D eigenvalue weighted by Gasteiger charge is -2.18. The number of imidazole rings is 1. The van der Waals surface area contributed by atoms with Crippen molar-refractivity contribution in [3.05, 3.63) is 66.3 Å². The van der Waals surface area contributed by atoms with Crippen molar-refractivity contribution in [2.45, 2.75) is 13.5 Å². The monoisotopic (exact) mass is 361 g/mol. The molecule has 0 fully saturated rings. The van der Waals surface area contributed by atoms with E-state index in [0.717, 1.165) is 16.6 Å². The molecule has 0 bridgehead atoms. The molecule has 0 saturated heterocycles. The Hall–Kier alpha value is -3.48. The summed E-state index contributed by atoms with van der Waals surface area (Å²) in [5, 5.41) is 3.91. The molecule has 0 radical (unpaired) electrons. The van der Waals surface area contributed by atoms with E-state index >= 15 is 0 Å². The first-order valence-electron chi connectivity index (χ1n) is 8.68. The molecule has 27 heavy (non-hydrogen) atoms. The zero-order valence-corrected chi connectivity index (χ0v) is 15.2. The molecule has 2 heterocycles. The van der Waals surface area contributed by atoms with Gasteiger partial charge in [-0.15, -0.1) is 0 Å². The lowest BCUT2D eigenvalue weighted by molar-refractivity contribution is 0.0790. The van der Waals surface area contributed by atoms with Gasteiger partial charge in [-0.05, 0) is 24.3 Å². The summed E-state index contributed by atoms with van der Waals surface area (Å²) >= 11 is 0. The van der Waals surface area contributed by atoms with Gasteiger partial charge in [-0.2, -0.15) is 4.98 Å². The molecular weight excluding hydrogens is 342 g/mol. The van der Waals surface area contributed by atoms with Gasteiger partial charge in [-0.3, -0.25) is 4.79 Å². The Morgan fingerprint density at radius 2 is 2.04 bits per heavy atom. The first-order chi connectivity index (χ1) is 13.1. The Balaban J connectivity index is 1.47. The van der Waals surface area contributed by atoms with Crippen LogP contribution < -0.4 is 0 Å². The Morgan fingerprint density at radius 3 is 2.85 bits per heavy atom. The largest absolute Gasteiger partial charge is 0.340 e. The third-order valence-electron chi connectivity index (χ3n) is 4.45. The molecule has 0 N–H and O–H groups in total. The summed E-state index contributed by atoms with van der Waals surface area (Å²) in [5.41, 5.74) is 3.36. The summed E-state index contributed by atoms with van der Waals surface area (Å²) in [6.45, 7) is 2.98. The van der Waals surface area contributed by atoms with Crippen LogP contribution in [-0.4, -0.2) is 44.1 Å². The molecule has 0 spiro atoms. The maximum Gasteiger partial charge on any atom is 0.253 e. The van der Waals surface area contributed by atoms with Gasteiger partial charge < -0.3 is 14.0 Å². The van der Waals surface area contributed by atoms with Gasteiger partial charge in [0.05, 0.1) is 17.4 Å². The van der Waals surface area contributed by atoms with Gasteiger partial charge in [-0.25, -0.2) is 4.98 Å². The number of carbonyl (C=O) groups excluding carboxylic acids is 1. The summed E-state index contributed by atoms with van der Waals surface area (Å²) in [6, 6.07) is 15.2. The number of carbonyl (C=O) groups is 1. The Morgan fingerprint density at radius 1 is 1.19 bits per heavy atom. The van der Waals surface area contributed by atoms with E-state index in [9.17, 15) is 4.79 Å². The van der Waals surface area contributed by atoms with Gasteiger partial charge in [0.25, 0.3) is 5.91 Å². The molecule has 1 amide bonds. The van der Waals surface area contributed by atoms with Crippen LogP contribution in [0.2, 0.25) is 0 Å². The molecule has 136 valence electrons. The van der Waals surface area contributed by atoms with Crippen LogP contribution in [0.25, 0.3) is 22.4 Å². The summed E-state index contributed by atoms with van der Waals surface area (Å²) in [6.07, 6.45) is 1.81. The summed E-state index contributed by atoms with van der Waals surface area (Å²) < 4.78 is 7.07. The number of fused-ring (bicyclic) bond motifs is 1. The molecule has 0 aliphatic rings. The predicted molar refractivity (Wildman–Crippen MR) is 101 cm³/mol. The zero-order chi connectivity index (χ0) is 18.8. The van der Waals surface area contributed by atoms with Crippen LogP contribution in [-0.2, 0) is 6.54 Å². The topological polar surface area (TPSA) is 77.1 Å². The van der Waals surface area contributed by atoms with Gasteiger partial charge >= 0.3 is 0 Å². The highest BCUT2D eigenvalue weighted by molar-refractivity contribution is 5.95. The van der Waals surface area contributed by atoms with E-state index in [1.54, 1.807) is 31.0 Å². The van der Waals surface area contributed by atoms with Crippen molar-refractivity contribution in [2.24, 2.45) is 0 Å². The molecule has 0 unspecified atom stereocenters. The van der Waals surface area contributed by atoms with Gasteiger partial charge in [0.15, 0.2) is 0 Å². The van der Waals surface area contributed by atoms with Crippen molar-refractivity contribution >= 4 is 16.9 Å². The van der Waals surface area contributed by atoms with Gasteiger partial charge in [0, 0.05) is 38.2 Å². The molecule has 0 saturated carbocycles. The maximum atomic E-state index is 12.8. The second-order valence-electron chi connectivity index (χ2n) is 6.37. The highest BCUT2D eigenvalue weighted by atomic mass is 16.5. The number of aromatic nitrogens is 4. The lowest BCUT2D eigenvalue weighted by Crippen LogP contribution is -2.30. The standard InChI is InChI=1S/C20H19N5O2/c1-14-22-19(23-27-14)15-6-5-7-16(12-15)20(26)24(2)10-11-25-13-21-17-8-3-4-9-18(17)25/h3-9,12-13H,10-11H2,1-2H3. The number of hydrogen-bond acceptors (Lipinski definition) is 5. The van der Waals surface area contributed by atoms with E-state index in [4.69, 9.17) is 4.52 Å². The second kappa shape index (κ2) is 7.03. The van der Waals surface area contributed by atoms with E-state index in [2.05, 4.69) is 19.7 Å². The fraction of sp³-hybridized carbons (Fsp3) is 0.200. The van der Waals surface area contributed by atoms with Crippen molar-refractivity contribution in [1.82, 2.24) is 24.6 Å². The van der Waals surface area contributed by atoms with E-state index in [1.807, 2.05) is 42.7 Å². The van der Waals surface area contributed by atoms with Crippen molar-refractivity contribution in [3.8, 4) is 11.4 Å². The molecular formula is C20H19N5O2. The average Bonchev–Trinajstić information content (AvgIpc) is 3.32. The number of nitrogens with zero attached hydrogens (tertiary/aromatic N) is 5. The Kier molecular flexibility index (Phi) is 4.42. The van der Waals surface area contributed by atoms with Crippen LogP contribution in [0, 0.1) is 6.92 Å². The number of hydrogen-bond donors (Lipinski definition) is 0. The van der Waals surface area contributed by atoms with Crippen molar-refractivity contribution in [2.75, 3.05) is 13.6 Å². The molecule has 4 rings (SSSR count). The fourth-order valence-electron chi connectivity index (χ4n) is 2.98. The molecule has 0 aliphatic carbocycles. The van der Waals surface area contributed by atoms with Crippen LogP contribution in [0.4, 0.5) is 0 Å². The summed E-state index contributed by atoms with van der Waals surface area (Å²) in [7, 11) is 1.80. The van der Waals surface area contributed by atoms with Crippen LogP contribution in [0.5, 0.6) is 0 Å². The third kappa shape index (κ3) is 3.44. The first kappa shape index (κ1) is 17.0. The number of likely N-dealkylation sites (N-methyl/N-ethyl adjacent to an activating group) is 1. The fourth-order valence-corrected chi connectivity index (χ4v) is 2.98. The molecule has 4 aromatic rings. The maximum absolute atomic E-state index is 12.8. The number of benzene rings is 2. The quantitative estimate of drug-likeness (QED) is 0.546. The van der Waals surface area contributed by atoms with Crippen LogP contribution >= 0.6 is 0 Å². The van der Waals surface area contributed by atoms with E-state index in [0.29, 0.717) is 30.4 Å². The second-order valence-corrected chi connectivity index (χ2v) is 6.37. The highest BCUT2D eigenvalue weighted by Gasteiger charge is 2.14. The number of aryl methyl sites for hydroxylation is 1. The number of rotatable bonds is 5. The minimum atomic E-state index is -0.0542. The Labute approximate surface area is 156 Å². The predicted octanol–water partition coefficient (Wildman–Crippen LogP) is 3.17. The Bertz CT molecular complexity index is 1100. The van der Waals surface area contributed by atoms with E-state index in [1.165, 1.54) is 0 Å². The highest BCUT2D eigenvalue weighted by Crippen LogP contribution is 2.18. The lowest BCUT2D eigenvalue weighted by atomic mass is 10.1. The molecule has 0 atom stereocenters. The van der Waals surface area contributed by atoms with Crippen LogP contribution in [0.15, 0.2) is 59.4 Å². The van der Waals surface area contributed by atoms with E-state index < -0.39 is 0 Å². The van der Waals surface area contributed by atoms with Gasteiger partial charge in [0.1, 0.15) is 0 Å². The molecule has 2 aromatic heterocycles. The SMILES string of the molecule is Cc1nc(-c2cccc(C(=O)N(C)CCn3cnc4ccccc43)c2)no1. The summed E-state index contributed by atoms with van der Waals surface area (Å²) in [4.78, 5) is 23.1. The number of para-hydroxylation sites is 2. The molecule has 0 aliphatic heterocycles. The summed E-state index contributed by atoms with van der Waals surface area (Å²) in [5.74, 6) is 0.919.